The minimum absolute atomic E-state index is 0.524. The van der Waals surface area contributed by atoms with Crippen LogP contribution in [-0.2, 0) is 17.8 Å². The normalized spacial score (nSPS) is 18.5. The summed E-state index contributed by atoms with van der Waals surface area (Å²) in [5.74, 6) is -0.761. The zero-order valence-corrected chi connectivity index (χ0v) is 14.1. The van der Waals surface area contributed by atoms with Crippen molar-refractivity contribution in [3.63, 3.8) is 0 Å². The minimum atomic E-state index is -0.761. The van der Waals surface area contributed by atoms with Gasteiger partial charge in [0.05, 0.1) is 0 Å². The largest absolute Gasteiger partial charge is 0.480 e. The molecule has 5 heteroatoms. The third kappa shape index (κ3) is 2.91. The summed E-state index contributed by atoms with van der Waals surface area (Å²) >= 11 is 5.16. The van der Waals surface area contributed by atoms with Gasteiger partial charge in [-0.25, -0.2) is 0 Å². The molecule has 1 aliphatic rings. The van der Waals surface area contributed by atoms with Crippen LogP contribution in [0, 0.1) is 6.92 Å². The maximum Gasteiger partial charge on any atom is 0.325 e. The highest BCUT2D eigenvalue weighted by atomic mass is 79.9. The third-order valence-electron chi connectivity index (χ3n) is 3.91. The molecular formula is C16H16BrNO2S. The number of thiophene rings is 1. The van der Waals surface area contributed by atoms with Crippen LogP contribution in [-0.4, -0.2) is 22.5 Å². The fourth-order valence-corrected chi connectivity index (χ4v) is 4.02. The number of hydrogen-bond acceptors (Lipinski definition) is 3. The maximum atomic E-state index is 11.7. The number of hydrogen-bond donors (Lipinski definition) is 1. The van der Waals surface area contributed by atoms with Crippen molar-refractivity contribution in [1.29, 1.82) is 0 Å². The lowest BCUT2D eigenvalue weighted by Gasteiger charge is -2.33. The molecule has 1 aromatic heterocycles. The summed E-state index contributed by atoms with van der Waals surface area (Å²) in [6.45, 7) is 3.51. The first-order chi connectivity index (χ1) is 10.1. The lowest BCUT2D eigenvalue weighted by atomic mass is 9.99. The second kappa shape index (κ2) is 5.91. The van der Waals surface area contributed by atoms with Crippen molar-refractivity contribution in [2.24, 2.45) is 0 Å². The average Bonchev–Trinajstić information content (AvgIpc) is 2.90. The number of carboxylic acid groups (broad SMARTS) is 1. The van der Waals surface area contributed by atoms with E-state index in [0.717, 1.165) is 28.6 Å². The first-order valence-electron chi connectivity index (χ1n) is 6.84. The Hall–Kier alpha value is -1.17. The van der Waals surface area contributed by atoms with Crippen LogP contribution in [0.1, 0.15) is 27.6 Å². The van der Waals surface area contributed by atoms with E-state index in [1.165, 1.54) is 10.4 Å². The quantitative estimate of drug-likeness (QED) is 0.893. The van der Waals surface area contributed by atoms with Gasteiger partial charge < -0.3 is 5.11 Å². The standard InChI is InChI=1S/C16H16BrNO2S/c1-10-8-11(2-3-13(10)17)9-18-6-4-14-12(5-7-21-14)15(18)16(19)20/h2-3,5,7-8,15H,4,6,9H2,1H3,(H,19,20). The Morgan fingerprint density at radius 3 is 3.00 bits per heavy atom. The van der Waals surface area contributed by atoms with Crippen LogP contribution in [0.15, 0.2) is 34.1 Å². The number of aryl methyl sites for hydroxylation is 1. The van der Waals surface area contributed by atoms with Crippen LogP contribution in [0.25, 0.3) is 0 Å². The second-order valence-corrected chi connectivity index (χ2v) is 7.20. The molecule has 3 nitrogen and oxygen atoms in total. The van der Waals surface area contributed by atoms with Crippen molar-refractivity contribution in [3.8, 4) is 0 Å². The SMILES string of the molecule is Cc1cc(CN2CCc3sccc3C2C(=O)O)ccc1Br. The van der Waals surface area contributed by atoms with E-state index in [1.54, 1.807) is 11.3 Å². The molecule has 2 heterocycles. The van der Waals surface area contributed by atoms with Crippen molar-refractivity contribution >= 4 is 33.2 Å². The number of benzene rings is 1. The predicted molar refractivity (Wildman–Crippen MR) is 87.7 cm³/mol. The van der Waals surface area contributed by atoms with Gasteiger partial charge in [-0.1, -0.05) is 28.1 Å². The van der Waals surface area contributed by atoms with Crippen molar-refractivity contribution in [1.82, 2.24) is 4.90 Å². The lowest BCUT2D eigenvalue weighted by molar-refractivity contribution is -0.144. The van der Waals surface area contributed by atoms with Crippen molar-refractivity contribution in [2.75, 3.05) is 6.54 Å². The Labute approximate surface area is 136 Å². The summed E-state index contributed by atoms with van der Waals surface area (Å²) in [5, 5.41) is 11.6. The Balaban J connectivity index is 1.88. The lowest BCUT2D eigenvalue weighted by Crippen LogP contribution is -2.38. The molecule has 0 bridgehead atoms. The summed E-state index contributed by atoms with van der Waals surface area (Å²) in [6.07, 6.45) is 0.937. The number of rotatable bonds is 3. The van der Waals surface area contributed by atoms with Gasteiger partial charge in [0.15, 0.2) is 0 Å². The van der Waals surface area contributed by atoms with E-state index in [-0.39, 0.29) is 0 Å². The molecule has 1 N–H and O–H groups in total. The van der Waals surface area contributed by atoms with Gasteiger partial charge in [0.1, 0.15) is 6.04 Å². The first kappa shape index (κ1) is 14.8. The molecule has 110 valence electrons. The van der Waals surface area contributed by atoms with Crippen LogP contribution in [0.5, 0.6) is 0 Å². The van der Waals surface area contributed by atoms with Crippen LogP contribution >= 0.6 is 27.3 Å². The smallest absolute Gasteiger partial charge is 0.325 e. The molecule has 1 aromatic carbocycles. The molecule has 21 heavy (non-hydrogen) atoms. The zero-order chi connectivity index (χ0) is 15.0. The van der Waals surface area contributed by atoms with Gasteiger partial charge in [0.2, 0.25) is 0 Å². The van der Waals surface area contributed by atoms with E-state index < -0.39 is 12.0 Å². The van der Waals surface area contributed by atoms with Crippen molar-refractivity contribution in [3.05, 3.63) is 55.7 Å². The Bertz CT molecular complexity index is 683. The summed E-state index contributed by atoms with van der Waals surface area (Å²) in [4.78, 5) is 15.0. The van der Waals surface area contributed by atoms with Gasteiger partial charge in [-0.2, -0.15) is 0 Å². The van der Waals surface area contributed by atoms with Gasteiger partial charge in [-0.3, -0.25) is 9.69 Å². The molecule has 1 unspecified atom stereocenters. The van der Waals surface area contributed by atoms with E-state index in [1.807, 2.05) is 17.5 Å². The average molecular weight is 366 g/mol. The molecule has 0 aliphatic carbocycles. The van der Waals surface area contributed by atoms with Crippen molar-refractivity contribution < 1.29 is 9.90 Å². The number of fused-ring (bicyclic) bond motifs is 1. The van der Waals surface area contributed by atoms with E-state index in [2.05, 4.69) is 39.9 Å². The Kier molecular flexibility index (Phi) is 4.15. The molecule has 0 spiro atoms. The highest BCUT2D eigenvalue weighted by molar-refractivity contribution is 9.10. The fourth-order valence-electron chi connectivity index (χ4n) is 2.87. The van der Waals surface area contributed by atoms with Crippen molar-refractivity contribution in [2.45, 2.75) is 25.9 Å². The van der Waals surface area contributed by atoms with Crippen LogP contribution in [0.4, 0.5) is 0 Å². The Morgan fingerprint density at radius 2 is 2.29 bits per heavy atom. The molecule has 0 saturated heterocycles. The third-order valence-corrected chi connectivity index (χ3v) is 5.79. The van der Waals surface area contributed by atoms with Crippen LogP contribution in [0.3, 0.4) is 0 Å². The summed E-state index contributed by atoms with van der Waals surface area (Å²) < 4.78 is 1.08. The number of halogens is 1. The molecular weight excluding hydrogens is 350 g/mol. The van der Waals surface area contributed by atoms with Gasteiger partial charge in [0.25, 0.3) is 0 Å². The molecule has 0 fully saturated rings. The van der Waals surface area contributed by atoms with Gasteiger partial charge in [0, 0.05) is 22.4 Å². The van der Waals surface area contributed by atoms with Gasteiger partial charge >= 0.3 is 5.97 Å². The predicted octanol–water partition coefficient (Wildman–Crippen LogP) is 4.00. The first-order valence-corrected chi connectivity index (χ1v) is 8.51. The summed E-state index contributed by atoms with van der Waals surface area (Å²) in [7, 11) is 0. The second-order valence-electron chi connectivity index (χ2n) is 5.34. The highest BCUT2D eigenvalue weighted by Crippen LogP contribution is 2.34. The van der Waals surface area contributed by atoms with Gasteiger partial charge in [-0.05, 0) is 47.5 Å². The van der Waals surface area contributed by atoms with E-state index >= 15 is 0 Å². The Morgan fingerprint density at radius 1 is 1.48 bits per heavy atom. The van der Waals surface area contributed by atoms with E-state index in [4.69, 9.17) is 0 Å². The summed E-state index contributed by atoms with van der Waals surface area (Å²) in [6, 6.07) is 7.63. The number of nitrogens with zero attached hydrogens (tertiary/aromatic N) is 1. The van der Waals surface area contributed by atoms with Gasteiger partial charge in [-0.15, -0.1) is 11.3 Å². The van der Waals surface area contributed by atoms with Crippen LogP contribution in [0.2, 0.25) is 0 Å². The molecule has 0 radical (unpaired) electrons. The number of aliphatic carboxylic acids is 1. The van der Waals surface area contributed by atoms with E-state index in [0.29, 0.717) is 6.54 Å². The molecule has 1 aliphatic heterocycles. The van der Waals surface area contributed by atoms with E-state index in [9.17, 15) is 9.90 Å². The van der Waals surface area contributed by atoms with Crippen LogP contribution < -0.4 is 0 Å². The minimum Gasteiger partial charge on any atom is -0.480 e. The monoisotopic (exact) mass is 365 g/mol. The molecule has 0 amide bonds. The zero-order valence-electron chi connectivity index (χ0n) is 11.7. The fraction of sp³-hybridized carbons (Fsp3) is 0.312. The molecule has 0 saturated carbocycles. The maximum absolute atomic E-state index is 11.7. The number of carboxylic acids is 1. The highest BCUT2D eigenvalue weighted by Gasteiger charge is 2.33. The molecule has 2 aromatic rings. The topological polar surface area (TPSA) is 40.5 Å². The number of carbonyl (C=O) groups is 1. The molecule has 3 rings (SSSR count). The molecule has 1 atom stereocenters. The summed E-state index contributed by atoms with van der Waals surface area (Å²) in [5.41, 5.74) is 3.29.